The molecule has 4 rings (SSSR count). The van der Waals surface area contributed by atoms with E-state index in [1.165, 1.54) is 5.56 Å². The number of hydrogen-bond acceptors (Lipinski definition) is 6. The summed E-state index contributed by atoms with van der Waals surface area (Å²) in [6.45, 7) is 9.86. The number of benzene rings is 1. The minimum atomic E-state index is -0.302. The summed E-state index contributed by atoms with van der Waals surface area (Å²) in [5.41, 5.74) is 5.03. The number of anilines is 2. The minimum absolute atomic E-state index is 0.130. The van der Waals surface area contributed by atoms with Gasteiger partial charge in [0.05, 0.1) is 36.9 Å². The van der Waals surface area contributed by atoms with Gasteiger partial charge in [0.1, 0.15) is 0 Å². The number of aromatic nitrogens is 4. The van der Waals surface area contributed by atoms with Crippen molar-refractivity contribution in [2.24, 2.45) is 0 Å². The van der Waals surface area contributed by atoms with Crippen molar-refractivity contribution in [3.8, 4) is 11.3 Å². The second-order valence-electron chi connectivity index (χ2n) is 8.35. The molecule has 1 aromatic carbocycles. The van der Waals surface area contributed by atoms with Crippen LogP contribution in [-0.2, 0) is 9.53 Å². The van der Waals surface area contributed by atoms with Crippen molar-refractivity contribution in [3.63, 3.8) is 0 Å². The fourth-order valence-electron chi connectivity index (χ4n) is 3.75. The van der Waals surface area contributed by atoms with Gasteiger partial charge in [-0.2, -0.15) is 5.10 Å². The first-order chi connectivity index (χ1) is 15.4. The molecule has 168 valence electrons. The Kier molecular flexibility index (Phi) is 6.50. The van der Waals surface area contributed by atoms with Gasteiger partial charge in [-0.3, -0.25) is 4.79 Å². The molecule has 0 radical (unpaired) electrons. The molecule has 32 heavy (non-hydrogen) atoms. The number of aryl methyl sites for hydroxylation is 1. The van der Waals surface area contributed by atoms with Gasteiger partial charge in [-0.15, -0.1) is 0 Å². The highest BCUT2D eigenvalue weighted by Crippen LogP contribution is 2.26. The molecule has 1 atom stereocenters. The maximum absolute atomic E-state index is 12.0. The van der Waals surface area contributed by atoms with E-state index in [9.17, 15) is 4.79 Å². The molecule has 1 unspecified atom stereocenters. The summed E-state index contributed by atoms with van der Waals surface area (Å²) in [4.78, 5) is 23.0. The molecule has 1 saturated heterocycles. The molecular weight excluding hydrogens is 404 g/mol. The highest BCUT2D eigenvalue weighted by atomic mass is 16.5. The van der Waals surface area contributed by atoms with E-state index in [0.717, 1.165) is 22.5 Å². The lowest BCUT2D eigenvalue weighted by Crippen LogP contribution is -2.43. The third kappa shape index (κ3) is 4.80. The lowest BCUT2D eigenvalue weighted by atomic mass is 10.00. The van der Waals surface area contributed by atoms with Crippen LogP contribution >= 0.6 is 0 Å². The van der Waals surface area contributed by atoms with Crippen LogP contribution in [-0.4, -0.2) is 50.3 Å². The molecule has 2 aromatic heterocycles. The van der Waals surface area contributed by atoms with Crippen molar-refractivity contribution in [1.29, 1.82) is 0 Å². The van der Waals surface area contributed by atoms with Gasteiger partial charge in [0.2, 0.25) is 11.9 Å². The predicted molar refractivity (Wildman–Crippen MR) is 124 cm³/mol. The molecule has 0 spiro atoms. The molecule has 1 fully saturated rings. The van der Waals surface area contributed by atoms with Crippen LogP contribution in [0.5, 0.6) is 0 Å². The van der Waals surface area contributed by atoms with Gasteiger partial charge in [-0.1, -0.05) is 45.0 Å². The van der Waals surface area contributed by atoms with Crippen molar-refractivity contribution in [2.45, 2.75) is 46.3 Å². The number of amides is 1. The van der Waals surface area contributed by atoms with Gasteiger partial charge >= 0.3 is 0 Å². The molecule has 1 aliphatic rings. The smallest absolute Gasteiger partial charge is 0.227 e. The number of morpholine rings is 1. The molecule has 1 aliphatic heterocycles. The largest absolute Gasteiger partial charge is 0.353 e. The fourth-order valence-corrected chi connectivity index (χ4v) is 3.75. The number of rotatable bonds is 6. The van der Waals surface area contributed by atoms with Crippen LogP contribution in [0.15, 0.2) is 42.9 Å². The summed E-state index contributed by atoms with van der Waals surface area (Å²) in [6, 6.07) is 8.51. The quantitative estimate of drug-likeness (QED) is 0.623. The van der Waals surface area contributed by atoms with Crippen LogP contribution in [0.4, 0.5) is 11.6 Å². The molecule has 0 saturated carbocycles. The third-order valence-electron chi connectivity index (χ3n) is 5.68. The summed E-state index contributed by atoms with van der Waals surface area (Å²) in [6.07, 6.45) is 5.58. The summed E-state index contributed by atoms with van der Waals surface area (Å²) in [7, 11) is 0. The second kappa shape index (κ2) is 9.48. The molecular formula is C24H30N6O2. The Hall–Kier alpha value is -3.26. The first kappa shape index (κ1) is 22.0. The van der Waals surface area contributed by atoms with Gasteiger partial charge in [-0.25, -0.2) is 14.6 Å². The van der Waals surface area contributed by atoms with Crippen LogP contribution in [0.1, 0.15) is 50.5 Å². The van der Waals surface area contributed by atoms with Crippen LogP contribution in [0, 0.1) is 6.92 Å². The molecule has 3 heterocycles. The third-order valence-corrected chi connectivity index (χ3v) is 5.68. The highest BCUT2D eigenvalue weighted by molar-refractivity contribution is 5.75. The SMILES string of the molecule is CCC(=O)N1CCOC(n2cc(Nc3ncc(C)c(-c4ccc(C(C)C)cc4)n3)cn2)C1. The van der Waals surface area contributed by atoms with Crippen LogP contribution in [0.2, 0.25) is 0 Å². The number of ether oxygens (including phenoxy) is 1. The lowest BCUT2D eigenvalue weighted by Gasteiger charge is -2.32. The zero-order chi connectivity index (χ0) is 22.7. The van der Waals surface area contributed by atoms with Crippen LogP contribution in [0.25, 0.3) is 11.3 Å². The van der Waals surface area contributed by atoms with Crippen molar-refractivity contribution in [3.05, 3.63) is 54.0 Å². The molecule has 3 aromatic rings. The van der Waals surface area contributed by atoms with Crippen molar-refractivity contribution >= 4 is 17.5 Å². The van der Waals surface area contributed by atoms with Gasteiger partial charge in [-0.05, 0) is 24.0 Å². The number of carbonyl (C=O) groups is 1. The molecule has 8 nitrogen and oxygen atoms in total. The monoisotopic (exact) mass is 434 g/mol. The Bertz CT molecular complexity index is 1080. The van der Waals surface area contributed by atoms with Gasteiger partial charge in [0, 0.05) is 24.7 Å². The van der Waals surface area contributed by atoms with Crippen molar-refractivity contribution in [1.82, 2.24) is 24.6 Å². The van der Waals surface area contributed by atoms with E-state index in [4.69, 9.17) is 9.72 Å². The van der Waals surface area contributed by atoms with Crippen molar-refractivity contribution < 1.29 is 9.53 Å². The summed E-state index contributed by atoms with van der Waals surface area (Å²) in [5.74, 6) is 1.13. The van der Waals surface area contributed by atoms with E-state index < -0.39 is 0 Å². The van der Waals surface area contributed by atoms with Crippen LogP contribution < -0.4 is 5.32 Å². The standard InChI is InChI=1S/C24H30N6O2/c1-5-21(31)29-10-11-32-22(15-29)30-14-20(13-26-30)27-24-25-12-17(4)23(28-24)19-8-6-18(7-9-19)16(2)3/h6-9,12-14,16,22H,5,10-11,15H2,1-4H3,(H,25,27,28). The predicted octanol–water partition coefficient (Wildman–Crippen LogP) is 4.28. The molecule has 1 amide bonds. The topological polar surface area (TPSA) is 85.2 Å². The molecule has 1 N–H and O–H groups in total. The first-order valence-corrected chi connectivity index (χ1v) is 11.1. The minimum Gasteiger partial charge on any atom is -0.353 e. The van der Waals surface area contributed by atoms with E-state index in [0.29, 0.717) is 38.0 Å². The normalized spacial score (nSPS) is 16.4. The van der Waals surface area contributed by atoms with Crippen molar-refractivity contribution in [2.75, 3.05) is 25.0 Å². The summed E-state index contributed by atoms with van der Waals surface area (Å²) < 4.78 is 7.55. The second-order valence-corrected chi connectivity index (χ2v) is 8.35. The number of carbonyl (C=O) groups excluding carboxylic acids is 1. The average Bonchev–Trinajstić information content (AvgIpc) is 3.28. The Morgan fingerprint density at radius 1 is 1.25 bits per heavy atom. The maximum Gasteiger partial charge on any atom is 0.227 e. The Morgan fingerprint density at radius 2 is 2.03 bits per heavy atom. The Balaban J connectivity index is 1.49. The van der Waals surface area contributed by atoms with Gasteiger partial charge in [0.15, 0.2) is 6.23 Å². The fraction of sp³-hybridized carbons (Fsp3) is 0.417. The van der Waals surface area contributed by atoms with Crippen LogP contribution in [0.3, 0.4) is 0 Å². The molecule has 0 aliphatic carbocycles. The highest BCUT2D eigenvalue weighted by Gasteiger charge is 2.25. The zero-order valence-corrected chi connectivity index (χ0v) is 19.1. The first-order valence-electron chi connectivity index (χ1n) is 11.1. The van der Waals surface area contributed by atoms with E-state index in [1.807, 2.05) is 31.1 Å². The lowest BCUT2D eigenvalue weighted by molar-refractivity contribution is -0.143. The zero-order valence-electron chi connectivity index (χ0n) is 19.1. The Labute approximate surface area is 188 Å². The van der Waals surface area contributed by atoms with E-state index in [2.05, 4.69) is 53.5 Å². The maximum atomic E-state index is 12.0. The van der Waals surface area contributed by atoms with E-state index in [1.54, 1.807) is 10.9 Å². The van der Waals surface area contributed by atoms with E-state index in [-0.39, 0.29) is 12.1 Å². The summed E-state index contributed by atoms with van der Waals surface area (Å²) in [5, 5.41) is 7.65. The number of nitrogens with one attached hydrogen (secondary N) is 1. The molecule has 8 heteroatoms. The van der Waals surface area contributed by atoms with E-state index >= 15 is 0 Å². The average molecular weight is 435 g/mol. The van der Waals surface area contributed by atoms with Gasteiger partial charge < -0.3 is 15.0 Å². The Morgan fingerprint density at radius 3 is 2.75 bits per heavy atom. The summed E-state index contributed by atoms with van der Waals surface area (Å²) >= 11 is 0. The van der Waals surface area contributed by atoms with Gasteiger partial charge in [0.25, 0.3) is 0 Å². The number of nitrogens with zero attached hydrogens (tertiary/aromatic N) is 5. The molecule has 0 bridgehead atoms. The number of hydrogen-bond donors (Lipinski definition) is 1.